The number of anilines is 1. The summed E-state index contributed by atoms with van der Waals surface area (Å²) in [4.78, 5) is 14.4. The minimum absolute atomic E-state index is 0.144. The number of hydrogen-bond acceptors (Lipinski definition) is 5. The van der Waals surface area contributed by atoms with Gasteiger partial charge >= 0.3 is 0 Å². The van der Waals surface area contributed by atoms with Crippen LogP contribution in [0.15, 0.2) is 45.7 Å². The van der Waals surface area contributed by atoms with Gasteiger partial charge in [0.2, 0.25) is 0 Å². The highest BCUT2D eigenvalue weighted by Crippen LogP contribution is 2.36. The fourth-order valence-electron chi connectivity index (χ4n) is 1.95. The van der Waals surface area contributed by atoms with Gasteiger partial charge in [-0.2, -0.15) is 0 Å². The predicted octanol–water partition coefficient (Wildman–Crippen LogP) is 3.70. The first-order valence-corrected chi connectivity index (χ1v) is 7.40. The molecule has 0 saturated carbocycles. The molecule has 1 N–H and O–H groups in total. The number of thioether (sulfide) groups is 1. The van der Waals surface area contributed by atoms with Crippen molar-refractivity contribution in [2.45, 2.75) is 6.92 Å². The third-order valence-electron chi connectivity index (χ3n) is 2.94. The standard InChI is InChI=1S/C15H11NO3S2/c1-9-2-7-12(19-9)8-13-14(18)16(15(20)21-13)10-3-5-11(17)6-4-10/h2-8,17H,1H3. The lowest BCUT2D eigenvalue weighted by Crippen LogP contribution is -2.27. The number of benzene rings is 1. The predicted molar refractivity (Wildman–Crippen MR) is 87.2 cm³/mol. The summed E-state index contributed by atoms with van der Waals surface area (Å²) in [6.07, 6.45) is 1.69. The molecule has 0 spiro atoms. The van der Waals surface area contributed by atoms with Crippen molar-refractivity contribution in [1.29, 1.82) is 0 Å². The third kappa shape index (κ3) is 2.72. The Bertz CT molecular complexity index is 747. The van der Waals surface area contributed by atoms with E-state index in [1.807, 2.05) is 19.1 Å². The fourth-order valence-corrected chi connectivity index (χ4v) is 3.23. The smallest absolute Gasteiger partial charge is 0.270 e. The van der Waals surface area contributed by atoms with E-state index in [1.54, 1.807) is 18.2 Å². The third-order valence-corrected chi connectivity index (χ3v) is 4.24. The van der Waals surface area contributed by atoms with E-state index in [0.717, 1.165) is 5.76 Å². The summed E-state index contributed by atoms with van der Waals surface area (Å²) < 4.78 is 5.91. The van der Waals surface area contributed by atoms with Gasteiger partial charge < -0.3 is 9.52 Å². The molecular formula is C15H11NO3S2. The van der Waals surface area contributed by atoms with Crippen molar-refractivity contribution >= 4 is 46.0 Å². The quantitative estimate of drug-likeness (QED) is 0.676. The zero-order valence-corrected chi connectivity index (χ0v) is 12.7. The van der Waals surface area contributed by atoms with Gasteiger partial charge in [-0.25, -0.2) is 0 Å². The highest BCUT2D eigenvalue weighted by Gasteiger charge is 2.33. The van der Waals surface area contributed by atoms with Gasteiger partial charge in [0, 0.05) is 6.08 Å². The van der Waals surface area contributed by atoms with Crippen molar-refractivity contribution < 1.29 is 14.3 Å². The highest BCUT2D eigenvalue weighted by molar-refractivity contribution is 8.27. The Balaban J connectivity index is 1.92. The van der Waals surface area contributed by atoms with Crippen LogP contribution in [0.5, 0.6) is 5.75 Å². The normalized spacial score (nSPS) is 17.0. The lowest BCUT2D eigenvalue weighted by Gasteiger charge is -2.14. The van der Waals surface area contributed by atoms with E-state index in [9.17, 15) is 9.90 Å². The molecule has 0 aliphatic carbocycles. The van der Waals surface area contributed by atoms with Gasteiger partial charge in [-0.1, -0.05) is 24.0 Å². The van der Waals surface area contributed by atoms with Gasteiger partial charge in [-0.3, -0.25) is 9.69 Å². The summed E-state index contributed by atoms with van der Waals surface area (Å²) in [6, 6.07) is 10.00. The zero-order valence-electron chi connectivity index (χ0n) is 11.1. The van der Waals surface area contributed by atoms with E-state index in [-0.39, 0.29) is 11.7 Å². The van der Waals surface area contributed by atoms with Crippen LogP contribution in [0.2, 0.25) is 0 Å². The van der Waals surface area contributed by atoms with Crippen molar-refractivity contribution in [2.75, 3.05) is 4.90 Å². The first-order valence-electron chi connectivity index (χ1n) is 6.18. The number of rotatable bonds is 2. The van der Waals surface area contributed by atoms with Crippen LogP contribution in [0, 0.1) is 6.92 Å². The second-order valence-electron chi connectivity index (χ2n) is 4.48. The van der Waals surface area contributed by atoms with Crippen molar-refractivity contribution in [3.05, 3.63) is 52.8 Å². The van der Waals surface area contributed by atoms with Crippen molar-refractivity contribution in [1.82, 2.24) is 0 Å². The SMILES string of the molecule is Cc1ccc(C=C2SC(=S)N(c3ccc(O)cc3)C2=O)o1. The maximum absolute atomic E-state index is 12.5. The molecule has 2 heterocycles. The Morgan fingerprint density at radius 2 is 1.95 bits per heavy atom. The molecular weight excluding hydrogens is 306 g/mol. The maximum Gasteiger partial charge on any atom is 0.270 e. The molecule has 1 aromatic heterocycles. The van der Waals surface area contributed by atoms with Crippen molar-refractivity contribution in [3.8, 4) is 5.75 Å². The number of nitrogens with zero attached hydrogens (tertiary/aromatic N) is 1. The monoisotopic (exact) mass is 317 g/mol. The largest absolute Gasteiger partial charge is 0.508 e. The summed E-state index contributed by atoms with van der Waals surface area (Å²) in [5, 5.41) is 9.32. The Morgan fingerprint density at radius 1 is 1.24 bits per heavy atom. The van der Waals surface area contributed by atoms with E-state index in [2.05, 4.69) is 0 Å². The van der Waals surface area contributed by atoms with E-state index >= 15 is 0 Å². The molecule has 1 aromatic carbocycles. The fraction of sp³-hybridized carbons (Fsp3) is 0.0667. The number of thiocarbonyl (C=S) groups is 1. The van der Waals surface area contributed by atoms with E-state index < -0.39 is 0 Å². The van der Waals surface area contributed by atoms with Crippen LogP contribution in [-0.4, -0.2) is 15.3 Å². The molecule has 2 aromatic rings. The van der Waals surface area contributed by atoms with Gasteiger partial charge in [0.1, 0.15) is 17.3 Å². The van der Waals surface area contributed by atoms with Crippen LogP contribution in [0.3, 0.4) is 0 Å². The Hall–Kier alpha value is -2.05. The van der Waals surface area contributed by atoms with Crippen LogP contribution in [0.25, 0.3) is 6.08 Å². The zero-order chi connectivity index (χ0) is 15.0. The number of aryl methyl sites for hydroxylation is 1. The number of amides is 1. The van der Waals surface area contributed by atoms with Gasteiger partial charge in [0.15, 0.2) is 4.32 Å². The molecule has 1 amide bonds. The summed E-state index contributed by atoms with van der Waals surface area (Å²) in [5.41, 5.74) is 0.634. The van der Waals surface area contributed by atoms with Gasteiger partial charge in [-0.15, -0.1) is 0 Å². The van der Waals surface area contributed by atoms with Gasteiger partial charge in [0.25, 0.3) is 5.91 Å². The number of carbonyl (C=O) groups excluding carboxylic acids is 1. The molecule has 3 rings (SSSR count). The maximum atomic E-state index is 12.5. The molecule has 0 bridgehead atoms. The second-order valence-corrected chi connectivity index (χ2v) is 6.16. The Morgan fingerprint density at radius 3 is 2.57 bits per heavy atom. The summed E-state index contributed by atoms with van der Waals surface area (Å²) in [7, 11) is 0. The van der Waals surface area contributed by atoms with Crippen LogP contribution in [0.4, 0.5) is 5.69 Å². The molecule has 1 aliphatic heterocycles. The molecule has 106 valence electrons. The van der Waals surface area contributed by atoms with Gasteiger partial charge in [-0.05, 0) is 43.3 Å². The number of hydrogen-bond donors (Lipinski definition) is 1. The van der Waals surface area contributed by atoms with Crippen LogP contribution < -0.4 is 4.90 Å². The number of carbonyl (C=O) groups is 1. The molecule has 1 fully saturated rings. The number of furan rings is 1. The molecule has 4 nitrogen and oxygen atoms in total. The topological polar surface area (TPSA) is 53.7 Å². The summed E-state index contributed by atoms with van der Waals surface area (Å²) >= 11 is 6.50. The van der Waals surface area contributed by atoms with Crippen molar-refractivity contribution in [2.24, 2.45) is 0 Å². The van der Waals surface area contributed by atoms with E-state index in [4.69, 9.17) is 16.6 Å². The van der Waals surface area contributed by atoms with Gasteiger partial charge in [0.05, 0.1) is 10.6 Å². The molecule has 0 atom stereocenters. The second kappa shape index (κ2) is 5.38. The lowest BCUT2D eigenvalue weighted by molar-refractivity contribution is -0.113. The Labute approximate surface area is 131 Å². The van der Waals surface area contributed by atoms with Crippen LogP contribution >= 0.6 is 24.0 Å². The Kier molecular flexibility index (Phi) is 3.57. The molecule has 21 heavy (non-hydrogen) atoms. The number of phenols is 1. The average molecular weight is 317 g/mol. The summed E-state index contributed by atoms with van der Waals surface area (Å²) in [6.45, 7) is 1.85. The molecule has 1 aliphatic rings. The minimum atomic E-state index is -0.190. The molecule has 6 heteroatoms. The van der Waals surface area contributed by atoms with Crippen molar-refractivity contribution in [3.63, 3.8) is 0 Å². The van der Waals surface area contributed by atoms with E-state index in [0.29, 0.717) is 20.7 Å². The van der Waals surface area contributed by atoms with E-state index in [1.165, 1.54) is 28.8 Å². The minimum Gasteiger partial charge on any atom is -0.508 e. The molecule has 0 unspecified atom stereocenters. The highest BCUT2D eigenvalue weighted by atomic mass is 32.2. The first kappa shape index (κ1) is 13.9. The molecule has 1 saturated heterocycles. The lowest BCUT2D eigenvalue weighted by atomic mass is 10.2. The number of phenolic OH excluding ortho intramolecular Hbond substituents is 1. The first-order chi connectivity index (χ1) is 10.0. The molecule has 0 radical (unpaired) electrons. The number of aromatic hydroxyl groups is 1. The van der Waals surface area contributed by atoms with Crippen LogP contribution in [-0.2, 0) is 4.79 Å². The average Bonchev–Trinajstić information content (AvgIpc) is 2.96. The van der Waals surface area contributed by atoms with Crippen LogP contribution in [0.1, 0.15) is 11.5 Å². The summed E-state index contributed by atoms with van der Waals surface area (Å²) in [5.74, 6) is 1.37.